The number of aromatic nitrogens is 2. The minimum atomic E-state index is -0.264. The van der Waals surface area contributed by atoms with Gasteiger partial charge in [-0.15, -0.1) is 0 Å². The summed E-state index contributed by atoms with van der Waals surface area (Å²) in [6, 6.07) is 7.06. The molecule has 3 rings (SSSR count). The van der Waals surface area contributed by atoms with Crippen LogP contribution < -0.4 is 15.8 Å². The molecule has 1 aromatic carbocycles. The predicted molar refractivity (Wildman–Crippen MR) is 94.6 cm³/mol. The standard InChI is InChI=1S/C18H24N4O2/c1-18(2,3)22-16(11-5-6-11)10-15(21-22)17(23)20-14-9-12(24-4)7-8-13(14)19/h7-11H,5-6,19H2,1-4H3,(H,20,23). The van der Waals surface area contributed by atoms with Crippen LogP contribution in [0.2, 0.25) is 0 Å². The molecule has 6 heteroatoms. The number of hydrogen-bond donors (Lipinski definition) is 2. The summed E-state index contributed by atoms with van der Waals surface area (Å²) in [7, 11) is 1.57. The fraction of sp³-hybridized carbons (Fsp3) is 0.444. The topological polar surface area (TPSA) is 82.2 Å². The van der Waals surface area contributed by atoms with Crippen molar-refractivity contribution in [1.82, 2.24) is 9.78 Å². The van der Waals surface area contributed by atoms with Crippen LogP contribution in [0.4, 0.5) is 11.4 Å². The number of carbonyl (C=O) groups excluding carboxylic acids is 1. The third-order valence-electron chi connectivity index (χ3n) is 4.11. The van der Waals surface area contributed by atoms with Crippen LogP contribution >= 0.6 is 0 Å². The summed E-state index contributed by atoms with van der Waals surface area (Å²) >= 11 is 0. The third-order valence-corrected chi connectivity index (χ3v) is 4.11. The lowest BCUT2D eigenvalue weighted by Gasteiger charge is -2.22. The third kappa shape index (κ3) is 3.22. The first-order valence-electron chi connectivity index (χ1n) is 8.15. The normalized spacial score (nSPS) is 14.5. The van der Waals surface area contributed by atoms with E-state index < -0.39 is 0 Å². The van der Waals surface area contributed by atoms with Crippen molar-refractivity contribution in [2.45, 2.75) is 45.1 Å². The number of carbonyl (C=O) groups is 1. The predicted octanol–water partition coefficient (Wildman–Crippen LogP) is 3.36. The molecule has 24 heavy (non-hydrogen) atoms. The zero-order chi connectivity index (χ0) is 17.5. The van der Waals surface area contributed by atoms with E-state index in [1.807, 2.05) is 10.7 Å². The maximum Gasteiger partial charge on any atom is 0.276 e. The first-order valence-corrected chi connectivity index (χ1v) is 8.15. The van der Waals surface area contributed by atoms with Crippen LogP contribution in [0, 0.1) is 0 Å². The van der Waals surface area contributed by atoms with Gasteiger partial charge in [0.1, 0.15) is 5.75 Å². The van der Waals surface area contributed by atoms with Gasteiger partial charge >= 0.3 is 0 Å². The molecule has 128 valence electrons. The number of hydrogen-bond acceptors (Lipinski definition) is 4. The molecule has 3 N–H and O–H groups in total. The van der Waals surface area contributed by atoms with Crippen LogP contribution in [0.3, 0.4) is 0 Å². The van der Waals surface area contributed by atoms with Gasteiger partial charge in [-0.3, -0.25) is 9.48 Å². The second-order valence-electron chi connectivity index (χ2n) is 7.22. The summed E-state index contributed by atoms with van der Waals surface area (Å²) in [4.78, 5) is 12.6. The lowest BCUT2D eigenvalue weighted by molar-refractivity contribution is 0.102. The quantitative estimate of drug-likeness (QED) is 0.843. The minimum Gasteiger partial charge on any atom is -0.497 e. The molecule has 1 aliphatic carbocycles. The lowest BCUT2D eigenvalue weighted by Crippen LogP contribution is -2.25. The molecule has 0 spiro atoms. The first kappa shape index (κ1) is 16.4. The molecule has 0 aliphatic heterocycles. The Balaban J connectivity index is 1.88. The molecule has 0 atom stereocenters. The number of methoxy groups -OCH3 is 1. The Kier molecular flexibility index (Phi) is 3.99. The highest BCUT2D eigenvalue weighted by Gasteiger charge is 2.32. The van der Waals surface area contributed by atoms with Crippen molar-refractivity contribution in [2.24, 2.45) is 0 Å². The summed E-state index contributed by atoms with van der Waals surface area (Å²) in [5.74, 6) is 0.887. The van der Waals surface area contributed by atoms with E-state index in [2.05, 4.69) is 31.2 Å². The van der Waals surface area contributed by atoms with Crippen molar-refractivity contribution < 1.29 is 9.53 Å². The van der Waals surface area contributed by atoms with E-state index in [0.29, 0.717) is 28.7 Å². The van der Waals surface area contributed by atoms with Crippen LogP contribution in [0.1, 0.15) is 55.7 Å². The zero-order valence-corrected chi connectivity index (χ0v) is 14.6. The molecule has 1 fully saturated rings. The number of benzene rings is 1. The Morgan fingerprint density at radius 3 is 2.62 bits per heavy atom. The smallest absolute Gasteiger partial charge is 0.276 e. The molecule has 1 heterocycles. The van der Waals surface area contributed by atoms with Crippen molar-refractivity contribution in [2.75, 3.05) is 18.2 Å². The van der Waals surface area contributed by atoms with Gasteiger partial charge in [0.15, 0.2) is 5.69 Å². The van der Waals surface area contributed by atoms with Gasteiger partial charge in [0.25, 0.3) is 5.91 Å². The summed E-state index contributed by atoms with van der Waals surface area (Å²) in [5.41, 5.74) is 8.33. The summed E-state index contributed by atoms with van der Waals surface area (Å²) in [5, 5.41) is 7.38. The van der Waals surface area contributed by atoms with Crippen LogP contribution in [0.15, 0.2) is 24.3 Å². The van der Waals surface area contributed by atoms with Crippen molar-refractivity contribution in [3.8, 4) is 5.75 Å². The second-order valence-corrected chi connectivity index (χ2v) is 7.22. The van der Waals surface area contributed by atoms with Crippen LogP contribution in [0.5, 0.6) is 5.75 Å². The Hall–Kier alpha value is -2.50. The van der Waals surface area contributed by atoms with E-state index in [9.17, 15) is 4.79 Å². The molecule has 6 nitrogen and oxygen atoms in total. The largest absolute Gasteiger partial charge is 0.497 e. The molecular formula is C18H24N4O2. The van der Waals surface area contributed by atoms with Crippen molar-refractivity contribution in [3.05, 3.63) is 35.7 Å². The van der Waals surface area contributed by atoms with E-state index in [4.69, 9.17) is 10.5 Å². The average Bonchev–Trinajstić information content (AvgIpc) is 3.26. The number of nitrogen functional groups attached to an aromatic ring is 1. The maximum absolute atomic E-state index is 12.6. The van der Waals surface area contributed by atoms with Gasteiger partial charge in [0.05, 0.1) is 24.0 Å². The minimum absolute atomic E-state index is 0.161. The maximum atomic E-state index is 12.6. The fourth-order valence-electron chi connectivity index (χ4n) is 2.67. The molecule has 1 amide bonds. The van der Waals surface area contributed by atoms with E-state index in [1.165, 1.54) is 0 Å². The van der Waals surface area contributed by atoms with Crippen LogP contribution in [0.25, 0.3) is 0 Å². The Morgan fingerprint density at radius 1 is 1.33 bits per heavy atom. The highest BCUT2D eigenvalue weighted by Crippen LogP contribution is 2.41. The number of nitrogens with two attached hydrogens (primary N) is 1. The summed E-state index contributed by atoms with van der Waals surface area (Å²) in [6.45, 7) is 6.27. The van der Waals surface area contributed by atoms with Crippen LogP contribution in [-0.4, -0.2) is 22.8 Å². The fourth-order valence-corrected chi connectivity index (χ4v) is 2.67. The van der Waals surface area contributed by atoms with E-state index in [-0.39, 0.29) is 11.4 Å². The molecule has 0 radical (unpaired) electrons. The molecule has 2 aromatic rings. The van der Waals surface area contributed by atoms with Gasteiger partial charge in [-0.1, -0.05) is 0 Å². The number of amides is 1. The van der Waals surface area contributed by atoms with Crippen molar-refractivity contribution in [1.29, 1.82) is 0 Å². The Bertz CT molecular complexity index is 770. The first-order chi connectivity index (χ1) is 11.3. The van der Waals surface area contributed by atoms with Crippen molar-refractivity contribution >= 4 is 17.3 Å². The molecule has 0 saturated heterocycles. The van der Waals surface area contributed by atoms with E-state index in [0.717, 1.165) is 18.5 Å². The monoisotopic (exact) mass is 328 g/mol. The van der Waals surface area contributed by atoms with Gasteiger partial charge in [-0.25, -0.2) is 0 Å². The second kappa shape index (κ2) is 5.85. The SMILES string of the molecule is COc1ccc(N)c(NC(=O)c2cc(C3CC3)n(C(C)(C)C)n2)c1. The van der Waals surface area contributed by atoms with Gasteiger partial charge in [-0.2, -0.15) is 5.10 Å². The number of anilines is 2. The highest BCUT2D eigenvalue weighted by atomic mass is 16.5. The Morgan fingerprint density at radius 2 is 2.04 bits per heavy atom. The number of rotatable bonds is 4. The number of ether oxygens (including phenoxy) is 1. The Labute approximate surface area is 142 Å². The van der Waals surface area contributed by atoms with Gasteiger partial charge in [-0.05, 0) is 51.8 Å². The van der Waals surface area contributed by atoms with Gasteiger partial charge in [0.2, 0.25) is 0 Å². The van der Waals surface area contributed by atoms with Crippen molar-refractivity contribution in [3.63, 3.8) is 0 Å². The molecule has 1 saturated carbocycles. The summed E-state index contributed by atoms with van der Waals surface area (Å²) in [6.07, 6.45) is 2.32. The zero-order valence-electron chi connectivity index (χ0n) is 14.6. The van der Waals surface area contributed by atoms with Gasteiger partial charge in [0, 0.05) is 17.7 Å². The van der Waals surface area contributed by atoms with Gasteiger partial charge < -0.3 is 15.8 Å². The lowest BCUT2D eigenvalue weighted by atomic mass is 10.1. The number of nitrogens with one attached hydrogen (secondary N) is 1. The highest BCUT2D eigenvalue weighted by molar-refractivity contribution is 6.04. The molecule has 0 bridgehead atoms. The van der Waals surface area contributed by atoms with E-state index >= 15 is 0 Å². The molecular weight excluding hydrogens is 304 g/mol. The summed E-state index contributed by atoms with van der Waals surface area (Å²) < 4.78 is 7.14. The van der Waals surface area contributed by atoms with Crippen LogP contribution in [-0.2, 0) is 5.54 Å². The number of nitrogens with zero attached hydrogens (tertiary/aromatic N) is 2. The van der Waals surface area contributed by atoms with E-state index in [1.54, 1.807) is 25.3 Å². The molecule has 1 aromatic heterocycles. The average molecular weight is 328 g/mol. The molecule has 0 unspecified atom stereocenters. The molecule has 1 aliphatic rings.